The topological polar surface area (TPSA) is 72.0 Å². The average molecular weight is 309 g/mol. The molecular formula is C15H23N3O2S. The molecule has 1 atom stereocenters. The van der Waals surface area contributed by atoms with Gasteiger partial charge in [0.25, 0.3) is 0 Å². The fourth-order valence-electron chi connectivity index (χ4n) is 1.82. The first-order chi connectivity index (χ1) is 9.88. The highest BCUT2D eigenvalue weighted by atomic mass is 32.2. The fourth-order valence-corrected chi connectivity index (χ4v) is 2.78. The van der Waals surface area contributed by atoms with E-state index in [1.54, 1.807) is 6.92 Å². The number of nitrogens with one attached hydrogen (secondary N) is 1. The van der Waals surface area contributed by atoms with Gasteiger partial charge in [-0.3, -0.25) is 9.59 Å². The van der Waals surface area contributed by atoms with Crippen molar-refractivity contribution in [1.82, 2.24) is 15.3 Å². The molecule has 6 heteroatoms. The lowest BCUT2D eigenvalue weighted by atomic mass is 10.2. The fraction of sp³-hybridized carbons (Fsp3) is 0.600. The number of carbonyl (C=O) groups excluding carboxylic acids is 2. The number of rotatable bonds is 7. The molecule has 1 aromatic rings. The predicted molar refractivity (Wildman–Crippen MR) is 84.8 cm³/mol. The average Bonchev–Trinajstić information content (AvgIpc) is 2.43. The van der Waals surface area contributed by atoms with E-state index in [1.165, 1.54) is 18.7 Å². The third-order valence-electron chi connectivity index (χ3n) is 3.13. The number of Topliss-reactive ketones (excluding diaryl/α,β-unsaturated/α-hetero) is 1. The molecule has 0 spiro atoms. The van der Waals surface area contributed by atoms with Crippen molar-refractivity contribution in [3.63, 3.8) is 0 Å². The van der Waals surface area contributed by atoms with E-state index in [-0.39, 0.29) is 23.5 Å². The Morgan fingerprint density at radius 2 is 1.95 bits per heavy atom. The maximum Gasteiger partial charge on any atom is 0.230 e. The largest absolute Gasteiger partial charge is 0.353 e. The smallest absolute Gasteiger partial charge is 0.230 e. The summed E-state index contributed by atoms with van der Waals surface area (Å²) in [5.74, 6) is 0.838. The van der Waals surface area contributed by atoms with Crippen LogP contribution in [0.3, 0.4) is 0 Å². The van der Waals surface area contributed by atoms with Crippen LogP contribution in [0, 0.1) is 6.92 Å². The Hall–Kier alpha value is -1.43. The number of carbonyl (C=O) groups is 2. The summed E-state index contributed by atoms with van der Waals surface area (Å²) in [5.41, 5.74) is 1.20. The molecule has 0 aliphatic rings. The van der Waals surface area contributed by atoms with Gasteiger partial charge in [0, 0.05) is 12.5 Å². The van der Waals surface area contributed by atoms with Crippen LogP contribution < -0.4 is 5.32 Å². The molecule has 21 heavy (non-hydrogen) atoms. The molecule has 0 saturated heterocycles. The van der Waals surface area contributed by atoms with Gasteiger partial charge >= 0.3 is 0 Å². The molecule has 0 aliphatic heterocycles. The van der Waals surface area contributed by atoms with Gasteiger partial charge in [0.05, 0.1) is 17.0 Å². The Labute approximate surface area is 130 Å². The van der Waals surface area contributed by atoms with Crippen LogP contribution in [0.4, 0.5) is 0 Å². The normalized spacial score (nSPS) is 12.0. The van der Waals surface area contributed by atoms with Crippen molar-refractivity contribution in [1.29, 1.82) is 0 Å². The quantitative estimate of drug-likeness (QED) is 0.476. The van der Waals surface area contributed by atoms with Crippen molar-refractivity contribution in [2.24, 2.45) is 0 Å². The van der Waals surface area contributed by atoms with Gasteiger partial charge in [-0.05, 0) is 27.2 Å². The number of thioether (sulfide) groups is 1. The van der Waals surface area contributed by atoms with Gasteiger partial charge in [0.15, 0.2) is 5.78 Å². The van der Waals surface area contributed by atoms with Crippen LogP contribution in [0.5, 0.6) is 0 Å². The van der Waals surface area contributed by atoms with Gasteiger partial charge in [-0.1, -0.05) is 25.6 Å². The molecule has 0 aromatic carbocycles. The van der Waals surface area contributed by atoms with E-state index in [2.05, 4.69) is 15.3 Å². The summed E-state index contributed by atoms with van der Waals surface area (Å²) in [6.07, 6.45) is 1.59. The lowest BCUT2D eigenvalue weighted by molar-refractivity contribution is -0.119. The summed E-state index contributed by atoms with van der Waals surface area (Å²) >= 11 is 1.30. The van der Waals surface area contributed by atoms with Gasteiger partial charge in [0.2, 0.25) is 5.91 Å². The number of aryl methyl sites for hydroxylation is 2. The number of hydrogen-bond donors (Lipinski definition) is 1. The van der Waals surface area contributed by atoms with Crippen LogP contribution in [0.15, 0.2) is 5.03 Å². The molecule has 1 rings (SSSR count). The molecule has 0 saturated carbocycles. The second-order valence-corrected chi connectivity index (χ2v) is 5.94. The molecule has 0 bridgehead atoms. The first kappa shape index (κ1) is 17.6. The van der Waals surface area contributed by atoms with Crippen LogP contribution in [-0.2, 0) is 11.2 Å². The Bertz CT molecular complexity index is 532. The molecule has 1 aromatic heterocycles. The number of aromatic nitrogens is 2. The monoisotopic (exact) mass is 309 g/mol. The van der Waals surface area contributed by atoms with Crippen molar-refractivity contribution in [3.8, 4) is 0 Å². The van der Waals surface area contributed by atoms with E-state index in [9.17, 15) is 9.59 Å². The highest BCUT2D eigenvalue weighted by Gasteiger charge is 2.17. The summed E-state index contributed by atoms with van der Waals surface area (Å²) in [5, 5.41) is 3.51. The van der Waals surface area contributed by atoms with Crippen LogP contribution in [0.1, 0.15) is 56.0 Å². The molecule has 1 heterocycles. The Balaban J connectivity index is 2.88. The lowest BCUT2D eigenvalue weighted by Gasteiger charge is -2.12. The molecule has 5 nitrogen and oxygen atoms in total. The molecular weight excluding hydrogens is 286 g/mol. The van der Waals surface area contributed by atoms with Crippen molar-refractivity contribution in [2.45, 2.75) is 58.5 Å². The third-order valence-corrected chi connectivity index (χ3v) is 4.11. The molecule has 0 unspecified atom stereocenters. The minimum Gasteiger partial charge on any atom is -0.353 e. The first-order valence-corrected chi connectivity index (χ1v) is 8.18. The van der Waals surface area contributed by atoms with E-state index in [4.69, 9.17) is 0 Å². The molecule has 116 valence electrons. The highest BCUT2D eigenvalue weighted by Crippen LogP contribution is 2.23. The Morgan fingerprint density at radius 1 is 1.29 bits per heavy atom. The Kier molecular flexibility index (Phi) is 6.81. The summed E-state index contributed by atoms with van der Waals surface area (Å²) in [4.78, 5) is 32.3. The second-order valence-electron chi connectivity index (χ2n) is 4.98. The lowest BCUT2D eigenvalue weighted by Crippen LogP contribution is -2.33. The summed E-state index contributed by atoms with van der Waals surface area (Å²) in [7, 11) is 0. The van der Waals surface area contributed by atoms with Gasteiger partial charge in [0.1, 0.15) is 10.9 Å². The first-order valence-electron chi connectivity index (χ1n) is 7.19. The number of ketones is 1. The van der Waals surface area contributed by atoms with E-state index < -0.39 is 0 Å². The minimum atomic E-state index is -0.0695. The SMILES string of the molecule is CCc1nc(C)c(C(C)=O)c(SCC(=O)N[C@H](C)CC)n1. The summed E-state index contributed by atoms with van der Waals surface area (Å²) in [6, 6.07) is 0.156. The zero-order chi connectivity index (χ0) is 16.0. The van der Waals surface area contributed by atoms with Gasteiger partial charge in [-0.2, -0.15) is 0 Å². The maximum atomic E-state index is 11.8. The summed E-state index contributed by atoms with van der Waals surface area (Å²) < 4.78 is 0. The standard InChI is InChI=1S/C15H23N3O2S/c1-6-9(3)16-13(20)8-21-15-14(11(5)19)10(4)17-12(7-2)18-15/h9H,6-8H2,1-5H3,(H,16,20)/t9-/m1/s1. The van der Waals surface area contributed by atoms with Gasteiger partial charge < -0.3 is 5.32 Å². The third kappa shape index (κ3) is 5.12. The molecule has 0 aliphatic carbocycles. The van der Waals surface area contributed by atoms with Crippen LogP contribution in [-0.4, -0.2) is 33.5 Å². The zero-order valence-electron chi connectivity index (χ0n) is 13.3. The van der Waals surface area contributed by atoms with Gasteiger partial charge in [-0.25, -0.2) is 9.97 Å². The van der Waals surface area contributed by atoms with Gasteiger partial charge in [-0.15, -0.1) is 0 Å². The number of amides is 1. The van der Waals surface area contributed by atoms with Crippen molar-refractivity contribution >= 4 is 23.5 Å². The number of nitrogens with zero attached hydrogens (tertiary/aromatic N) is 2. The zero-order valence-corrected chi connectivity index (χ0v) is 14.1. The van der Waals surface area contributed by atoms with E-state index >= 15 is 0 Å². The van der Waals surface area contributed by atoms with Crippen molar-refractivity contribution in [3.05, 3.63) is 17.1 Å². The predicted octanol–water partition coefficient (Wildman–Crippen LogP) is 2.56. The van der Waals surface area contributed by atoms with Crippen LogP contribution >= 0.6 is 11.8 Å². The van der Waals surface area contributed by atoms with Crippen LogP contribution in [0.2, 0.25) is 0 Å². The second kappa shape index (κ2) is 8.12. The molecule has 1 amide bonds. The van der Waals surface area contributed by atoms with Crippen molar-refractivity contribution in [2.75, 3.05) is 5.75 Å². The number of hydrogen-bond acceptors (Lipinski definition) is 5. The van der Waals surface area contributed by atoms with Crippen molar-refractivity contribution < 1.29 is 9.59 Å². The van der Waals surface area contributed by atoms with E-state index in [0.717, 1.165) is 6.42 Å². The molecule has 1 N–H and O–H groups in total. The Morgan fingerprint density at radius 3 is 2.48 bits per heavy atom. The minimum absolute atomic E-state index is 0.0434. The summed E-state index contributed by atoms with van der Waals surface area (Å²) in [6.45, 7) is 9.26. The molecule has 0 radical (unpaired) electrons. The van der Waals surface area contributed by atoms with E-state index in [1.807, 2.05) is 20.8 Å². The molecule has 0 fully saturated rings. The maximum absolute atomic E-state index is 11.8. The van der Waals surface area contributed by atoms with E-state index in [0.29, 0.717) is 28.5 Å². The highest BCUT2D eigenvalue weighted by molar-refractivity contribution is 8.00. The van der Waals surface area contributed by atoms with Crippen LogP contribution in [0.25, 0.3) is 0 Å².